The molecule has 4 nitrogen and oxygen atoms in total. The Hall–Kier alpha value is -2.14. The highest BCUT2D eigenvalue weighted by Crippen LogP contribution is 2.47. The van der Waals surface area contributed by atoms with Gasteiger partial charge in [-0.1, -0.05) is 61.9 Å². The number of rotatable bonds is 4. The van der Waals surface area contributed by atoms with Crippen LogP contribution in [0.5, 0.6) is 0 Å². The highest BCUT2D eigenvalue weighted by atomic mass is 32.2. The van der Waals surface area contributed by atoms with Crippen LogP contribution in [0.3, 0.4) is 0 Å². The van der Waals surface area contributed by atoms with Gasteiger partial charge in [0.1, 0.15) is 0 Å². The van der Waals surface area contributed by atoms with Gasteiger partial charge < -0.3 is 0 Å². The first kappa shape index (κ1) is 16.7. The van der Waals surface area contributed by atoms with E-state index < -0.39 is 16.1 Å². The van der Waals surface area contributed by atoms with Crippen molar-refractivity contribution in [3.63, 3.8) is 0 Å². The van der Waals surface area contributed by atoms with Crippen LogP contribution in [-0.2, 0) is 14.8 Å². The first-order valence-electron chi connectivity index (χ1n) is 8.04. The fraction of sp³-hybridized carbons (Fsp3) is 0.316. The molecule has 0 saturated carbocycles. The second kappa shape index (κ2) is 6.06. The lowest BCUT2D eigenvalue weighted by Gasteiger charge is -2.47. The van der Waals surface area contributed by atoms with Crippen LogP contribution in [0.15, 0.2) is 59.5 Å². The summed E-state index contributed by atoms with van der Waals surface area (Å²) in [5.74, 6) is -0.556. The largest absolute Gasteiger partial charge is 0.273 e. The molecule has 2 atom stereocenters. The highest BCUT2D eigenvalue weighted by molar-refractivity contribution is 7.89. The summed E-state index contributed by atoms with van der Waals surface area (Å²) in [5, 5.41) is 0. The van der Waals surface area contributed by atoms with E-state index in [0.717, 1.165) is 15.4 Å². The maximum atomic E-state index is 13.0. The van der Waals surface area contributed by atoms with Crippen molar-refractivity contribution >= 4 is 15.9 Å². The number of carbonyl (C=O) groups excluding carboxylic acids is 1. The van der Waals surface area contributed by atoms with Gasteiger partial charge in [0.05, 0.1) is 16.9 Å². The van der Waals surface area contributed by atoms with Gasteiger partial charge in [-0.15, -0.1) is 0 Å². The van der Waals surface area contributed by atoms with Gasteiger partial charge in [-0.05, 0) is 30.5 Å². The summed E-state index contributed by atoms with van der Waals surface area (Å²) < 4.78 is 27.0. The Morgan fingerprint density at radius 1 is 0.958 bits per heavy atom. The molecule has 24 heavy (non-hydrogen) atoms. The maximum absolute atomic E-state index is 13.0. The average molecular weight is 343 g/mol. The minimum absolute atomic E-state index is 0.0761. The Labute approximate surface area is 143 Å². The Balaban J connectivity index is 2.05. The number of amides is 1. The van der Waals surface area contributed by atoms with E-state index >= 15 is 0 Å². The van der Waals surface area contributed by atoms with Gasteiger partial charge in [0.15, 0.2) is 0 Å². The normalized spacial score (nSPS) is 21.0. The third-order valence-corrected chi connectivity index (χ3v) is 6.33. The molecule has 0 unspecified atom stereocenters. The van der Waals surface area contributed by atoms with Crippen molar-refractivity contribution in [3.05, 3.63) is 65.7 Å². The third kappa shape index (κ3) is 2.63. The van der Waals surface area contributed by atoms with Crippen molar-refractivity contribution in [1.29, 1.82) is 0 Å². The van der Waals surface area contributed by atoms with Crippen LogP contribution >= 0.6 is 0 Å². The fourth-order valence-electron chi connectivity index (χ4n) is 3.22. The average Bonchev–Trinajstić information content (AvgIpc) is 2.53. The molecule has 1 fully saturated rings. The zero-order valence-electron chi connectivity index (χ0n) is 14.0. The van der Waals surface area contributed by atoms with Crippen molar-refractivity contribution < 1.29 is 13.2 Å². The molecule has 1 aliphatic rings. The number of nitrogens with zero attached hydrogens (tertiary/aromatic N) is 1. The maximum Gasteiger partial charge on any atom is 0.267 e. The fourth-order valence-corrected chi connectivity index (χ4v) is 4.83. The monoisotopic (exact) mass is 343 g/mol. The Bertz CT molecular complexity index is 842. The predicted molar refractivity (Wildman–Crippen MR) is 92.7 cm³/mol. The second-order valence-electron chi connectivity index (χ2n) is 6.58. The number of sulfonamides is 1. The third-order valence-electron chi connectivity index (χ3n) is 4.53. The molecule has 0 N–H and O–H groups in total. The molecule has 2 aromatic carbocycles. The summed E-state index contributed by atoms with van der Waals surface area (Å²) in [4.78, 5) is 12.8. The van der Waals surface area contributed by atoms with Gasteiger partial charge in [0.25, 0.3) is 10.0 Å². The van der Waals surface area contributed by atoms with Crippen molar-refractivity contribution in [3.8, 4) is 0 Å². The Kier molecular flexibility index (Phi) is 4.22. The van der Waals surface area contributed by atoms with E-state index in [9.17, 15) is 13.2 Å². The minimum atomic E-state index is -3.85. The van der Waals surface area contributed by atoms with E-state index in [-0.39, 0.29) is 22.6 Å². The summed E-state index contributed by atoms with van der Waals surface area (Å²) in [7, 11) is -3.85. The first-order chi connectivity index (χ1) is 11.3. The van der Waals surface area contributed by atoms with Crippen LogP contribution in [0.4, 0.5) is 0 Å². The molecule has 1 heterocycles. The molecule has 0 spiro atoms. The lowest BCUT2D eigenvalue weighted by molar-refractivity contribution is -0.149. The molecule has 0 bridgehead atoms. The molecule has 1 saturated heterocycles. The summed E-state index contributed by atoms with van der Waals surface area (Å²) in [5.41, 5.74) is 1.83. The summed E-state index contributed by atoms with van der Waals surface area (Å²) in [6, 6.07) is 15.5. The van der Waals surface area contributed by atoms with Crippen LogP contribution in [0.2, 0.25) is 0 Å². The molecule has 0 aromatic heterocycles. The van der Waals surface area contributed by atoms with Crippen LogP contribution < -0.4 is 0 Å². The molecule has 126 valence electrons. The molecule has 3 rings (SSSR count). The van der Waals surface area contributed by atoms with E-state index in [1.165, 1.54) is 0 Å². The minimum Gasteiger partial charge on any atom is -0.273 e. The Morgan fingerprint density at radius 3 is 2.08 bits per heavy atom. The molecule has 0 radical (unpaired) electrons. The first-order valence-corrected chi connectivity index (χ1v) is 9.48. The van der Waals surface area contributed by atoms with E-state index in [1.54, 1.807) is 24.3 Å². The van der Waals surface area contributed by atoms with Crippen molar-refractivity contribution in [1.82, 2.24) is 4.31 Å². The molecule has 0 aliphatic carbocycles. The summed E-state index contributed by atoms with van der Waals surface area (Å²) in [6.45, 7) is 5.80. The van der Waals surface area contributed by atoms with Crippen LogP contribution in [-0.4, -0.2) is 18.6 Å². The molecule has 1 aliphatic heterocycles. The SMILES string of the molecule is Cc1ccc(S(=O)(=O)N2C(=O)[C@H](C(C)C)[C@@H]2c2ccccc2)cc1. The van der Waals surface area contributed by atoms with Crippen LogP contribution in [0.25, 0.3) is 0 Å². The number of hydrogen-bond donors (Lipinski definition) is 0. The second-order valence-corrected chi connectivity index (χ2v) is 8.39. The number of hydrogen-bond acceptors (Lipinski definition) is 3. The molecule has 2 aromatic rings. The van der Waals surface area contributed by atoms with E-state index in [4.69, 9.17) is 0 Å². The van der Waals surface area contributed by atoms with Gasteiger partial charge in [0.2, 0.25) is 5.91 Å². The molecular formula is C19H21NO3S. The van der Waals surface area contributed by atoms with Gasteiger partial charge in [-0.25, -0.2) is 12.7 Å². The Morgan fingerprint density at radius 2 is 1.54 bits per heavy atom. The quantitative estimate of drug-likeness (QED) is 0.798. The van der Waals surface area contributed by atoms with Crippen molar-refractivity contribution in [2.45, 2.75) is 31.7 Å². The van der Waals surface area contributed by atoms with Gasteiger partial charge in [0, 0.05) is 0 Å². The molecular weight excluding hydrogens is 322 g/mol. The zero-order chi connectivity index (χ0) is 17.5. The summed E-state index contributed by atoms with van der Waals surface area (Å²) >= 11 is 0. The van der Waals surface area contributed by atoms with Crippen LogP contribution in [0, 0.1) is 18.8 Å². The van der Waals surface area contributed by atoms with Crippen molar-refractivity contribution in [2.24, 2.45) is 11.8 Å². The smallest absolute Gasteiger partial charge is 0.267 e. The molecule has 5 heteroatoms. The van der Waals surface area contributed by atoms with Gasteiger partial charge >= 0.3 is 0 Å². The molecule has 1 amide bonds. The standard InChI is InChI=1S/C19H21NO3S/c1-13(2)17-18(15-7-5-4-6-8-15)20(19(17)21)24(22,23)16-11-9-14(3)10-12-16/h4-13,17-18H,1-3H3/t17-,18+/m1/s1. The topological polar surface area (TPSA) is 54.5 Å². The summed E-state index contributed by atoms with van der Waals surface area (Å²) in [6.07, 6.45) is 0. The lowest BCUT2D eigenvalue weighted by atomic mass is 9.78. The highest BCUT2D eigenvalue weighted by Gasteiger charge is 2.55. The van der Waals surface area contributed by atoms with Gasteiger partial charge in [-0.2, -0.15) is 0 Å². The van der Waals surface area contributed by atoms with Crippen molar-refractivity contribution in [2.75, 3.05) is 0 Å². The number of benzene rings is 2. The van der Waals surface area contributed by atoms with E-state index in [2.05, 4.69) is 0 Å². The lowest BCUT2D eigenvalue weighted by Crippen LogP contribution is -2.58. The zero-order valence-corrected chi connectivity index (χ0v) is 14.8. The number of aryl methyl sites for hydroxylation is 1. The predicted octanol–water partition coefficient (Wildman–Crippen LogP) is 3.54. The van der Waals surface area contributed by atoms with E-state index in [1.807, 2.05) is 51.1 Å². The number of β-lactam (4-membered cyclic amide) rings is 1. The van der Waals surface area contributed by atoms with Crippen LogP contribution in [0.1, 0.15) is 31.0 Å². The number of carbonyl (C=O) groups is 1. The van der Waals surface area contributed by atoms with Gasteiger partial charge in [-0.3, -0.25) is 4.79 Å². The van der Waals surface area contributed by atoms with E-state index in [0.29, 0.717) is 0 Å².